The number of aromatic nitrogens is 4. The van der Waals surface area contributed by atoms with E-state index < -0.39 is 5.97 Å². The van der Waals surface area contributed by atoms with E-state index in [9.17, 15) is 14.7 Å². The molecule has 2 aromatic heterocycles. The third kappa shape index (κ3) is 5.53. The average Bonchev–Trinajstić information content (AvgIpc) is 3.23. The Labute approximate surface area is 193 Å². The lowest BCUT2D eigenvalue weighted by Gasteiger charge is -2.19. The lowest BCUT2D eigenvalue weighted by atomic mass is 9.86. The number of benzene rings is 1. The number of nitrogens with zero attached hydrogens (tertiary/aromatic N) is 4. The molecule has 0 unspecified atom stereocenters. The molecule has 0 amide bonds. The summed E-state index contributed by atoms with van der Waals surface area (Å²) in [6, 6.07) is 9.44. The fourth-order valence-corrected chi connectivity index (χ4v) is 4.55. The first-order valence-corrected chi connectivity index (χ1v) is 11.8. The van der Waals surface area contributed by atoms with Gasteiger partial charge in [-0.3, -0.25) is 9.78 Å². The fraction of sp³-hybridized carbons (Fsp3) is 0.423. The summed E-state index contributed by atoms with van der Waals surface area (Å²) in [5.74, 6) is 0.676. The summed E-state index contributed by atoms with van der Waals surface area (Å²) in [6.07, 6.45) is 11.1. The van der Waals surface area contributed by atoms with Crippen LogP contribution in [0.2, 0.25) is 0 Å². The predicted octanol–water partition coefficient (Wildman–Crippen LogP) is 5.19. The quantitative estimate of drug-likeness (QED) is 0.454. The first kappa shape index (κ1) is 22.8. The molecule has 1 fully saturated rings. The van der Waals surface area contributed by atoms with Gasteiger partial charge in [-0.2, -0.15) is 0 Å². The Morgan fingerprint density at radius 2 is 1.85 bits per heavy atom. The molecule has 1 aromatic carbocycles. The van der Waals surface area contributed by atoms with E-state index in [4.69, 9.17) is 0 Å². The molecule has 0 saturated heterocycles. The zero-order chi connectivity index (χ0) is 23.2. The number of carbonyl (C=O) groups is 2. The monoisotopic (exact) mass is 446 g/mol. The summed E-state index contributed by atoms with van der Waals surface area (Å²) in [5.41, 5.74) is 2.63. The topological polar surface area (TPSA) is 98.0 Å². The molecule has 0 radical (unpaired) electrons. The number of hydrogen-bond acceptors (Lipinski definition) is 5. The number of carboxylic acid groups (broad SMARTS) is 1. The molecule has 0 bridgehead atoms. The van der Waals surface area contributed by atoms with Crippen LogP contribution in [-0.2, 0) is 13.0 Å². The maximum atomic E-state index is 12.8. The Bertz CT molecular complexity index is 1110. The fourth-order valence-electron chi connectivity index (χ4n) is 4.55. The lowest BCUT2D eigenvalue weighted by Crippen LogP contribution is -2.13. The molecule has 0 spiro atoms. The molecular weight excluding hydrogens is 416 g/mol. The van der Waals surface area contributed by atoms with E-state index in [2.05, 4.69) is 22.0 Å². The molecular formula is C26H30N4O3. The SMILES string of the molecule is CCCc1nc(C(=O)CC2CCCCC2)nn1Cc1ccc(-c2ccncc2C(=O)O)cc1. The molecule has 7 nitrogen and oxygen atoms in total. The maximum absolute atomic E-state index is 12.8. The Balaban J connectivity index is 1.51. The van der Waals surface area contributed by atoms with Crippen LogP contribution in [0.1, 0.15) is 84.2 Å². The molecule has 4 rings (SSSR count). The lowest BCUT2D eigenvalue weighted by molar-refractivity contribution is 0.0697. The number of ketones is 1. The van der Waals surface area contributed by atoms with Crippen LogP contribution in [0.3, 0.4) is 0 Å². The molecule has 1 aliphatic carbocycles. The highest BCUT2D eigenvalue weighted by Crippen LogP contribution is 2.27. The zero-order valence-corrected chi connectivity index (χ0v) is 19.0. The van der Waals surface area contributed by atoms with Gasteiger partial charge in [0.1, 0.15) is 5.82 Å². The maximum Gasteiger partial charge on any atom is 0.337 e. The molecule has 33 heavy (non-hydrogen) atoms. The molecule has 2 heterocycles. The summed E-state index contributed by atoms with van der Waals surface area (Å²) in [6.45, 7) is 2.60. The molecule has 1 saturated carbocycles. The van der Waals surface area contributed by atoms with Gasteiger partial charge in [0.05, 0.1) is 12.1 Å². The number of Topliss-reactive ketones (excluding diaryl/α,β-unsaturated/α-hetero) is 1. The van der Waals surface area contributed by atoms with Crippen LogP contribution in [0.25, 0.3) is 11.1 Å². The van der Waals surface area contributed by atoms with Crippen molar-refractivity contribution in [1.82, 2.24) is 19.7 Å². The molecule has 1 N–H and O–H groups in total. The molecule has 7 heteroatoms. The highest BCUT2D eigenvalue weighted by molar-refractivity contribution is 5.95. The van der Waals surface area contributed by atoms with Gasteiger partial charge in [-0.15, -0.1) is 5.10 Å². The van der Waals surface area contributed by atoms with Crippen LogP contribution >= 0.6 is 0 Å². The minimum absolute atomic E-state index is 0.0484. The van der Waals surface area contributed by atoms with Crippen molar-refractivity contribution in [3.05, 3.63) is 65.5 Å². The van der Waals surface area contributed by atoms with Crippen LogP contribution < -0.4 is 0 Å². The van der Waals surface area contributed by atoms with Gasteiger partial charge in [0, 0.05) is 25.2 Å². The largest absolute Gasteiger partial charge is 0.478 e. The van der Waals surface area contributed by atoms with E-state index in [0.717, 1.165) is 42.6 Å². The van der Waals surface area contributed by atoms with Gasteiger partial charge in [-0.05, 0) is 35.1 Å². The van der Waals surface area contributed by atoms with Crippen molar-refractivity contribution in [2.45, 2.75) is 64.8 Å². The van der Waals surface area contributed by atoms with Gasteiger partial charge in [0.15, 0.2) is 0 Å². The number of pyridine rings is 1. The normalized spacial score (nSPS) is 14.3. The van der Waals surface area contributed by atoms with E-state index in [1.807, 2.05) is 28.9 Å². The van der Waals surface area contributed by atoms with Crippen LogP contribution in [-0.4, -0.2) is 36.6 Å². The summed E-state index contributed by atoms with van der Waals surface area (Å²) < 4.78 is 1.84. The molecule has 0 atom stereocenters. The van der Waals surface area contributed by atoms with E-state index in [1.54, 1.807) is 12.3 Å². The summed E-state index contributed by atoms with van der Waals surface area (Å²) in [4.78, 5) is 32.8. The number of hydrogen-bond donors (Lipinski definition) is 1. The van der Waals surface area contributed by atoms with Crippen molar-refractivity contribution < 1.29 is 14.7 Å². The first-order valence-electron chi connectivity index (χ1n) is 11.8. The smallest absolute Gasteiger partial charge is 0.337 e. The summed E-state index contributed by atoms with van der Waals surface area (Å²) in [7, 11) is 0. The third-order valence-corrected chi connectivity index (χ3v) is 6.32. The number of carbonyl (C=O) groups excluding carboxylic acids is 1. The first-order chi connectivity index (χ1) is 16.0. The average molecular weight is 447 g/mol. The van der Waals surface area contributed by atoms with E-state index >= 15 is 0 Å². The number of carboxylic acids is 1. The molecule has 3 aromatic rings. The van der Waals surface area contributed by atoms with E-state index in [0.29, 0.717) is 30.3 Å². The van der Waals surface area contributed by atoms with Crippen molar-refractivity contribution in [3.63, 3.8) is 0 Å². The second-order valence-corrected chi connectivity index (χ2v) is 8.81. The third-order valence-electron chi connectivity index (χ3n) is 6.32. The van der Waals surface area contributed by atoms with Crippen molar-refractivity contribution in [2.75, 3.05) is 0 Å². The van der Waals surface area contributed by atoms with Crippen molar-refractivity contribution in [3.8, 4) is 11.1 Å². The van der Waals surface area contributed by atoms with E-state index in [1.165, 1.54) is 25.5 Å². The van der Waals surface area contributed by atoms with Crippen LogP contribution in [0.15, 0.2) is 42.7 Å². The second-order valence-electron chi connectivity index (χ2n) is 8.81. The Morgan fingerprint density at radius 3 is 2.55 bits per heavy atom. The summed E-state index contributed by atoms with van der Waals surface area (Å²) in [5, 5.41) is 14.0. The van der Waals surface area contributed by atoms with Gasteiger partial charge in [-0.1, -0.05) is 63.3 Å². The second kappa shape index (κ2) is 10.5. The van der Waals surface area contributed by atoms with Gasteiger partial charge >= 0.3 is 5.97 Å². The Kier molecular flexibility index (Phi) is 7.27. The van der Waals surface area contributed by atoms with Gasteiger partial charge in [0.2, 0.25) is 11.6 Å². The Morgan fingerprint density at radius 1 is 1.09 bits per heavy atom. The van der Waals surface area contributed by atoms with Crippen molar-refractivity contribution in [2.24, 2.45) is 5.92 Å². The Hall–Kier alpha value is -3.35. The minimum atomic E-state index is -1.00. The standard InChI is InChI=1S/C26H30N4O3/c1-2-6-24-28-25(23(31)15-18-7-4-3-5-8-18)29-30(24)17-19-9-11-20(12-10-19)21-13-14-27-16-22(21)26(32)33/h9-14,16,18H,2-8,15,17H2,1H3,(H,32,33). The van der Waals surface area contributed by atoms with Gasteiger partial charge < -0.3 is 5.11 Å². The molecule has 1 aliphatic rings. The zero-order valence-electron chi connectivity index (χ0n) is 19.0. The van der Waals surface area contributed by atoms with Gasteiger partial charge in [-0.25, -0.2) is 14.5 Å². The minimum Gasteiger partial charge on any atom is -0.478 e. The highest BCUT2D eigenvalue weighted by atomic mass is 16.4. The highest BCUT2D eigenvalue weighted by Gasteiger charge is 2.22. The number of rotatable bonds is 9. The predicted molar refractivity (Wildman–Crippen MR) is 125 cm³/mol. The molecule has 0 aliphatic heterocycles. The number of aromatic carboxylic acids is 1. The van der Waals surface area contributed by atoms with E-state index in [-0.39, 0.29) is 11.3 Å². The van der Waals surface area contributed by atoms with Crippen LogP contribution in [0, 0.1) is 5.92 Å². The molecule has 172 valence electrons. The van der Waals surface area contributed by atoms with Gasteiger partial charge in [0.25, 0.3) is 0 Å². The van der Waals surface area contributed by atoms with Crippen LogP contribution in [0.5, 0.6) is 0 Å². The summed E-state index contributed by atoms with van der Waals surface area (Å²) >= 11 is 0. The van der Waals surface area contributed by atoms with Crippen molar-refractivity contribution in [1.29, 1.82) is 0 Å². The van der Waals surface area contributed by atoms with Crippen molar-refractivity contribution >= 4 is 11.8 Å². The number of aryl methyl sites for hydroxylation is 1. The van der Waals surface area contributed by atoms with Crippen LogP contribution in [0.4, 0.5) is 0 Å².